The summed E-state index contributed by atoms with van der Waals surface area (Å²) in [7, 11) is 0. The molecule has 1 aromatic rings. The van der Waals surface area contributed by atoms with Crippen molar-refractivity contribution < 1.29 is 0 Å². The molecular weight excluding hydrogens is 168 g/mol. The highest BCUT2D eigenvalue weighted by Gasteiger charge is 2.27. The highest BCUT2D eigenvalue weighted by molar-refractivity contribution is 5.21. The third-order valence-electron chi connectivity index (χ3n) is 3.65. The molecular formula is C14H19. The fourth-order valence-electron chi connectivity index (χ4n) is 2.60. The molecule has 0 N–H and O–H groups in total. The molecule has 0 bridgehead atoms. The average molecular weight is 187 g/mol. The second-order valence-corrected chi connectivity index (χ2v) is 4.59. The van der Waals surface area contributed by atoms with Crippen molar-refractivity contribution in [2.24, 2.45) is 11.8 Å². The topological polar surface area (TPSA) is 0 Å². The van der Waals surface area contributed by atoms with E-state index in [1.54, 1.807) is 0 Å². The Bertz CT molecular complexity index is 275. The summed E-state index contributed by atoms with van der Waals surface area (Å²) in [6.07, 6.45) is 4.05. The van der Waals surface area contributed by atoms with E-state index in [1.807, 2.05) is 0 Å². The number of benzene rings is 1. The van der Waals surface area contributed by atoms with Gasteiger partial charge in [-0.3, -0.25) is 0 Å². The lowest BCUT2D eigenvalue weighted by Gasteiger charge is -2.34. The van der Waals surface area contributed by atoms with Crippen molar-refractivity contribution in [3.63, 3.8) is 0 Å². The first-order valence-electron chi connectivity index (χ1n) is 5.67. The SMILES string of the molecule is [CH2]C1C(C)CCCC1c1ccccc1. The molecule has 3 atom stereocenters. The zero-order valence-corrected chi connectivity index (χ0v) is 8.95. The summed E-state index contributed by atoms with van der Waals surface area (Å²) in [4.78, 5) is 0. The smallest absolute Gasteiger partial charge is 0.0131 e. The van der Waals surface area contributed by atoms with Crippen LogP contribution in [0.25, 0.3) is 0 Å². The highest BCUT2D eigenvalue weighted by Crippen LogP contribution is 2.40. The van der Waals surface area contributed by atoms with Gasteiger partial charge in [-0.25, -0.2) is 0 Å². The first-order chi connectivity index (χ1) is 6.79. The maximum absolute atomic E-state index is 4.34. The van der Waals surface area contributed by atoms with Crippen molar-refractivity contribution in [2.45, 2.75) is 32.1 Å². The van der Waals surface area contributed by atoms with E-state index in [1.165, 1.54) is 24.8 Å². The van der Waals surface area contributed by atoms with Crippen molar-refractivity contribution in [1.82, 2.24) is 0 Å². The van der Waals surface area contributed by atoms with E-state index >= 15 is 0 Å². The largest absolute Gasteiger partial charge is 0.0622 e. The van der Waals surface area contributed by atoms with Crippen LogP contribution in [-0.2, 0) is 0 Å². The lowest BCUT2D eigenvalue weighted by Crippen LogP contribution is -2.22. The lowest BCUT2D eigenvalue weighted by atomic mass is 9.71. The molecule has 1 fully saturated rings. The van der Waals surface area contributed by atoms with Crippen LogP contribution in [0, 0.1) is 18.8 Å². The summed E-state index contributed by atoms with van der Waals surface area (Å²) in [5.41, 5.74) is 1.49. The van der Waals surface area contributed by atoms with Gasteiger partial charge < -0.3 is 0 Å². The molecule has 1 aliphatic rings. The Morgan fingerprint density at radius 2 is 1.86 bits per heavy atom. The van der Waals surface area contributed by atoms with Crippen molar-refractivity contribution in [1.29, 1.82) is 0 Å². The maximum Gasteiger partial charge on any atom is -0.0131 e. The Hall–Kier alpha value is -0.780. The van der Waals surface area contributed by atoms with Gasteiger partial charge in [0.05, 0.1) is 0 Å². The molecule has 1 saturated carbocycles. The predicted octanol–water partition coefficient (Wildman–Crippen LogP) is 4.04. The van der Waals surface area contributed by atoms with Gasteiger partial charge in [0, 0.05) is 0 Å². The first kappa shape index (κ1) is 9.76. The molecule has 0 heterocycles. The van der Waals surface area contributed by atoms with Crippen molar-refractivity contribution in [3.8, 4) is 0 Å². The van der Waals surface area contributed by atoms with Crippen LogP contribution in [0.1, 0.15) is 37.7 Å². The van der Waals surface area contributed by atoms with Crippen LogP contribution < -0.4 is 0 Å². The summed E-state index contributed by atoms with van der Waals surface area (Å²) in [5.74, 6) is 2.08. The Balaban J connectivity index is 2.17. The van der Waals surface area contributed by atoms with Crippen LogP contribution in [0.15, 0.2) is 30.3 Å². The molecule has 0 heteroatoms. The Kier molecular flexibility index (Phi) is 2.90. The van der Waals surface area contributed by atoms with Gasteiger partial charge in [-0.2, -0.15) is 0 Å². The minimum atomic E-state index is 0.603. The Labute approximate surface area is 87.3 Å². The van der Waals surface area contributed by atoms with Gasteiger partial charge in [0.15, 0.2) is 0 Å². The minimum Gasteiger partial charge on any atom is -0.0622 e. The van der Waals surface area contributed by atoms with E-state index in [-0.39, 0.29) is 0 Å². The zero-order valence-electron chi connectivity index (χ0n) is 8.95. The van der Waals surface area contributed by atoms with E-state index < -0.39 is 0 Å². The average Bonchev–Trinajstić information content (AvgIpc) is 2.23. The van der Waals surface area contributed by atoms with Gasteiger partial charge >= 0.3 is 0 Å². The third kappa shape index (κ3) is 1.84. The molecule has 1 radical (unpaired) electrons. The van der Waals surface area contributed by atoms with E-state index in [2.05, 4.69) is 44.2 Å². The van der Waals surface area contributed by atoms with E-state index in [4.69, 9.17) is 0 Å². The van der Waals surface area contributed by atoms with Gasteiger partial charge in [-0.1, -0.05) is 50.1 Å². The molecule has 75 valence electrons. The summed E-state index contributed by atoms with van der Waals surface area (Å²) >= 11 is 0. The van der Waals surface area contributed by atoms with E-state index in [9.17, 15) is 0 Å². The minimum absolute atomic E-state index is 0.603. The van der Waals surface area contributed by atoms with Crippen molar-refractivity contribution in [3.05, 3.63) is 42.8 Å². The van der Waals surface area contributed by atoms with Crippen LogP contribution in [0.3, 0.4) is 0 Å². The summed E-state index contributed by atoms with van der Waals surface area (Å²) < 4.78 is 0. The van der Waals surface area contributed by atoms with Crippen LogP contribution in [0.4, 0.5) is 0 Å². The monoisotopic (exact) mass is 187 g/mol. The summed E-state index contributed by atoms with van der Waals surface area (Å²) in [5, 5.41) is 0. The second-order valence-electron chi connectivity index (χ2n) is 4.59. The Morgan fingerprint density at radius 3 is 2.57 bits per heavy atom. The molecule has 0 spiro atoms. The summed E-state index contributed by atoms with van der Waals surface area (Å²) in [6.45, 7) is 6.68. The van der Waals surface area contributed by atoms with Crippen molar-refractivity contribution >= 4 is 0 Å². The number of rotatable bonds is 1. The molecule has 0 aromatic heterocycles. The number of hydrogen-bond donors (Lipinski definition) is 0. The van der Waals surface area contributed by atoms with Crippen LogP contribution in [0.2, 0.25) is 0 Å². The lowest BCUT2D eigenvalue weighted by molar-refractivity contribution is 0.264. The molecule has 3 unspecified atom stereocenters. The molecule has 14 heavy (non-hydrogen) atoms. The molecule has 1 aromatic carbocycles. The molecule has 0 nitrogen and oxygen atoms in total. The Morgan fingerprint density at radius 1 is 1.14 bits per heavy atom. The fourth-order valence-corrected chi connectivity index (χ4v) is 2.60. The fraction of sp³-hybridized carbons (Fsp3) is 0.500. The first-order valence-corrected chi connectivity index (χ1v) is 5.67. The van der Waals surface area contributed by atoms with Gasteiger partial charge in [-0.05, 0) is 36.7 Å². The molecule has 0 saturated heterocycles. The second kappa shape index (κ2) is 4.16. The number of hydrogen-bond acceptors (Lipinski definition) is 0. The third-order valence-corrected chi connectivity index (χ3v) is 3.65. The maximum atomic E-state index is 4.34. The van der Waals surface area contributed by atoms with Crippen LogP contribution >= 0.6 is 0 Å². The van der Waals surface area contributed by atoms with Gasteiger partial charge in [0.2, 0.25) is 0 Å². The predicted molar refractivity (Wildman–Crippen MR) is 61.0 cm³/mol. The molecule has 2 rings (SSSR count). The van der Waals surface area contributed by atoms with E-state index in [0.717, 1.165) is 5.92 Å². The van der Waals surface area contributed by atoms with Crippen molar-refractivity contribution in [2.75, 3.05) is 0 Å². The summed E-state index contributed by atoms with van der Waals surface area (Å²) in [6, 6.07) is 10.9. The van der Waals surface area contributed by atoms with Gasteiger partial charge in [0.1, 0.15) is 0 Å². The highest BCUT2D eigenvalue weighted by atomic mass is 14.3. The standard InChI is InChI=1S/C14H19/c1-11-7-6-10-14(12(11)2)13-8-4-3-5-9-13/h3-5,8-9,11-12,14H,2,6-7,10H2,1H3. The normalized spacial score (nSPS) is 32.9. The zero-order chi connectivity index (χ0) is 9.97. The van der Waals surface area contributed by atoms with Gasteiger partial charge in [0.25, 0.3) is 0 Å². The molecule has 1 aliphatic carbocycles. The van der Waals surface area contributed by atoms with Crippen LogP contribution in [0.5, 0.6) is 0 Å². The van der Waals surface area contributed by atoms with Gasteiger partial charge in [-0.15, -0.1) is 0 Å². The molecule has 0 amide bonds. The quantitative estimate of drug-likeness (QED) is 0.622. The molecule has 0 aliphatic heterocycles. The van der Waals surface area contributed by atoms with E-state index in [0.29, 0.717) is 11.8 Å². The van der Waals surface area contributed by atoms with Crippen LogP contribution in [-0.4, -0.2) is 0 Å².